The highest BCUT2D eigenvalue weighted by molar-refractivity contribution is 6.17. The van der Waals surface area contributed by atoms with Crippen LogP contribution in [0.5, 0.6) is 0 Å². The van der Waals surface area contributed by atoms with E-state index in [0.29, 0.717) is 0 Å². The molecule has 0 aromatic heterocycles. The molecule has 2 aliphatic rings. The van der Waals surface area contributed by atoms with Crippen molar-refractivity contribution < 1.29 is 9.51 Å². The van der Waals surface area contributed by atoms with Crippen LogP contribution in [0.2, 0.25) is 0 Å². The van der Waals surface area contributed by atoms with Crippen LogP contribution in [0.15, 0.2) is 0 Å². The van der Waals surface area contributed by atoms with Crippen LogP contribution in [0.4, 0.5) is 0 Å². The molecule has 4 nitrogen and oxygen atoms in total. The number of hydroxylamine groups is 4. The molecular weight excluding hydrogens is 191 g/mol. The smallest absolute Gasteiger partial charge is 0.325 e. The Kier molecular flexibility index (Phi) is 4.92. The third kappa shape index (κ3) is 4.11. The van der Waals surface area contributed by atoms with E-state index in [1.807, 2.05) is 10.1 Å². The zero-order valence-corrected chi connectivity index (χ0v) is 9.36. The fraction of sp³-hybridized carbons (Fsp3) is 1.00. The number of piperidine rings is 2. The second kappa shape index (κ2) is 6.48. The Morgan fingerprint density at radius 3 is 1.40 bits per heavy atom. The molecule has 2 saturated heterocycles. The highest BCUT2D eigenvalue weighted by Crippen LogP contribution is 2.10. The molecule has 2 rings (SSSR count). The molecule has 0 N–H and O–H groups in total. The Labute approximate surface area is 92.7 Å². The Morgan fingerprint density at radius 1 is 0.600 bits per heavy atom. The maximum Gasteiger partial charge on any atom is 0.525 e. The maximum absolute atomic E-state index is 5.43. The molecule has 2 heterocycles. The second-order valence-corrected chi connectivity index (χ2v) is 4.29. The zero-order valence-electron chi connectivity index (χ0n) is 9.36. The first-order valence-electron chi connectivity index (χ1n) is 6.10. The van der Waals surface area contributed by atoms with Gasteiger partial charge in [-0.1, -0.05) is 12.8 Å². The molecule has 0 amide bonds. The van der Waals surface area contributed by atoms with Crippen LogP contribution >= 0.6 is 0 Å². The van der Waals surface area contributed by atoms with Crippen LogP contribution in [0, 0.1) is 0 Å². The summed E-state index contributed by atoms with van der Waals surface area (Å²) in [4.78, 5) is 0. The Balaban J connectivity index is 1.53. The van der Waals surface area contributed by atoms with Gasteiger partial charge in [0.2, 0.25) is 0 Å². The molecule has 0 bridgehead atoms. The summed E-state index contributed by atoms with van der Waals surface area (Å²) < 4.78 is 10.9. The van der Waals surface area contributed by atoms with Crippen LogP contribution in [-0.4, -0.2) is 44.0 Å². The fourth-order valence-electron chi connectivity index (χ4n) is 2.08. The molecule has 0 unspecified atom stereocenters. The van der Waals surface area contributed by atoms with Gasteiger partial charge in [-0.2, -0.15) is 0 Å². The molecule has 1 radical (unpaired) electrons. The van der Waals surface area contributed by atoms with E-state index in [9.17, 15) is 0 Å². The standard InChI is InChI=1S/C10H20BN2O2/c1-3-7-12(8-4-1)14-11-15-13-9-5-2-6-10-13/h1-10H2. The summed E-state index contributed by atoms with van der Waals surface area (Å²) in [5, 5.41) is 3.96. The van der Waals surface area contributed by atoms with E-state index in [4.69, 9.17) is 9.51 Å². The van der Waals surface area contributed by atoms with Gasteiger partial charge in [-0.15, -0.1) is 0 Å². The van der Waals surface area contributed by atoms with E-state index in [2.05, 4.69) is 0 Å². The number of rotatable bonds is 4. The molecule has 2 aliphatic heterocycles. The van der Waals surface area contributed by atoms with Gasteiger partial charge in [-0.3, -0.25) is 0 Å². The SMILES string of the molecule is [B](ON1CCCCC1)ON1CCCCC1. The first-order chi connectivity index (χ1) is 7.45. The minimum absolute atomic E-state index is 1.03. The molecule has 85 valence electrons. The largest absolute Gasteiger partial charge is 0.525 e. The molecule has 0 atom stereocenters. The van der Waals surface area contributed by atoms with Gasteiger partial charge in [-0.05, 0) is 25.7 Å². The van der Waals surface area contributed by atoms with Crippen LogP contribution < -0.4 is 0 Å². The van der Waals surface area contributed by atoms with Gasteiger partial charge in [-0.25, -0.2) is 10.1 Å². The minimum atomic E-state index is 1.03. The molecule has 0 aromatic rings. The molecular formula is C10H20BN2O2. The lowest BCUT2D eigenvalue weighted by Crippen LogP contribution is -2.36. The minimum Gasteiger partial charge on any atom is -0.325 e. The lowest BCUT2D eigenvalue weighted by Gasteiger charge is -2.28. The fourth-order valence-corrected chi connectivity index (χ4v) is 2.08. The molecule has 15 heavy (non-hydrogen) atoms. The molecule has 0 saturated carbocycles. The van der Waals surface area contributed by atoms with Gasteiger partial charge in [0.15, 0.2) is 0 Å². The van der Waals surface area contributed by atoms with E-state index in [0.717, 1.165) is 26.2 Å². The van der Waals surface area contributed by atoms with Gasteiger partial charge in [0.25, 0.3) is 0 Å². The van der Waals surface area contributed by atoms with Crippen molar-refractivity contribution in [2.24, 2.45) is 0 Å². The maximum atomic E-state index is 5.43. The summed E-state index contributed by atoms with van der Waals surface area (Å²) >= 11 is 0. The Hall–Kier alpha value is -0.0951. The van der Waals surface area contributed by atoms with Gasteiger partial charge in [0.05, 0.1) is 0 Å². The van der Waals surface area contributed by atoms with Crippen molar-refractivity contribution in [3.63, 3.8) is 0 Å². The second-order valence-electron chi connectivity index (χ2n) is 4.29. The van der Waals surface area contributed by atoms with Gasteiger partial charge >= 0.3 is 7.69 Å². The highest BCUT2D eigenvalue weighted by atomic mass is 16.8. The van der Waals surface area contributed by atoms with Crippen LogP contribution in [0.25, 0.3) is 0 Å². The van der Waals surface area contributed by atoms with Crippen molar-refractivity contribution in [3.05, 3.63) is 0 Å². The molecule has 0 aliphatic carbocycles. The first kappa shape index (κ1) is 11.4. The predicted molar refractivity (Wildman–Crippen MR) is 58.8 cm³/mol. The van der Waals surface area contributed by atoms with Crippen LogP contribution in [-0.2, 0) is 9.51 Å². The quantitative estimate of drug-likeness (QED) is 0.655. The van der Waals surface area contributed by atoms with Gasteiger partial charge in [0.1, 0.15) is 0 Å². The summed E-state index contributed by atoms with van der Waals surface area (Å²) in [6.45, 7) is 4.11. The van der Waals surface area contributed by atoms with E-state index in [1.54, 1.807) is 0 Å². The third-order valence-corrected chi connectivity index (χ3v) is 3.01. The molecule has 2 fully saturated rings. The summed E-state index contributed by atoms with van der Waals surface area (Å²) in [6.07, 6.45) is 7.59. The van der Waals surface area contributed by atoms with E-state index in [1.165, 1.54) is 46.2 Å². The number of hydrogen-bond acceptors (Lipinski definition) is 4. The van der Waals surface area contributed by atoms with Crippen LogP contribution in [0.3, 0.4) is 0 Å². The average molecular weight is 211 g/mol. The summed E-state index contributed by atoms with van der Waals surface area (Å²) in [6, 6.07) is 0. The number of hydrogen-bond donors (Lipinski definition) is 0. The molecule has 0 spiro atoms. The van der Waals surface area contributed by atoms with E-state index >= 15 is 0 Å². The summed E-state index contributed by atoms with van der Waals surface area (Å²) in [5.74, 6) is 0. The topological polar surface area (TPSA) is 24.9 Å². The predicted octanol–water partition coefficient (Wildman–Crippen LogP) is 1.36. The van der Waals surface area contributed by atoms with Crippen LogP contribution in [0.1, 0.15) is 38.5 Å². The Bertz CT molecular complexity index is 153. The van der Waals surface area contributed by atoms with Crippen molar-refractivity contribution in [3.8, 4) is 0 Å². The third-order valence-electron chi connectivity index (χ3n) is 3.01. The Morgan fingerprint density at radius 2 is 1.00 bits per heavy atom. The summed E-state index contributed by atoms with van der Waals surface area (Å²) in [7, 11) is 1.48. The lowest BCUT2D eigenvalue weighted by molar-refractivity contribution is -0.138. The first-order valence-corrected chi connectivity index (χ1v) is 6.10. The molecule has 5 heteroatoms. The zero-order chi connectivity index (χ0) is 10.3. The highest BCUT2D eigenvalue weighted by Gasteiger charge is 2.15. The van der Waals surface area contributed by atoms with Crippen molar-refractivity contribution in [1.29, 1.82) is 0 Å². The van der Waals surface area contributed by atoms with Crippen molar-refractivity contribution in [2.75, 3.05) is 26.2 Å². The normalized spacial score (nSPS) is 25.3. The monoisotopic (exact) mass is 211 g/mol. The van der Waals surface area contributed by atoms with Crippen molar-refractivity contribution >= 4 is 7.69 Å². The van der Waals surface area contributed by atoms with Crippen molar-refractivity contribution in [2.45, 2.75) is 38.5 Å². The lowest BCUT2D eigenvalue weighted by atomic mass is 10.2. The average Bonchev–Trinajstić information content (AvgIpc) is 2.32. The van der Waals surface area contributed by atoms with Gasteiger partial charge < -0.3 is 9.51 Å². The molecule has 0 aromatic carbocycles. The van der Waals surface area contributed by atoms with E-state index < -0.39 is 0 Å². The summed E-state index contributed by atoms with van der Waals surface area (Å²) in [5.41, 5.74) is 0. The van der Waals surface area contributed by atoms with Crippen molar-refractivity contribution in [1.82, 2.24) is 10.1 Å². The number of nitrogens with zero attached hydrogens (tertiary/aromatic N) is 2. The van der Waals surface area contributed by atoms with Gasteiger partial charge in [0, 0.05) is 26.2 Å². The van der Waals surface area contributed by atoms with E-state index in [-0.39, 0.29) is 0 Å².